The molecule has 0 spiro atoms. The first-order chi connectivity index (χ1) is 3.80. The number of hydrogen-bond donors (Lipinski definition) is 0. The van der Waals surface area contributed by atoms with Crippen LogP contribution in [0.3, 0.4) is 0 Å². The Bertz CT molecular complexity index is 60.8. The quantitative estimate of drug-likeness (QED) is 0.466. The molecule has 1 heteroatoms. The smallest absolute Gasteiger partial charge is 0.0572 e. The van der Waals surface area contributed by atoms with Gasteiger partial charge in [-0.3, -0.25) is 0 Å². The summed E-state index contributed by atoms with van der Waals surface area (Å²) >= 11 is 0. The van der Waals surface area contributed by atoms with E-state index in [4.69, 9.17) is 4.74 Å². The van der Waals surface area contributed by atoms with Crippen LogP contribution in [-0.2, 0) is 4.74 Å². The molecule has 1 heterocycles. The molecule has 1 aliphatic rings. The van der Waals surface area contributed by atoms with Crippen LogP contribution in [0.15, 0.2) is 0 Å². The largest absolute Gasteiger partial charge is 0.378 e. The van der Waals surface area contributed by atoms with E-state index in [2.05, 4.69) is 13.8 Å². The van der Waals surface area contributed by atoms with E-state index in [0.29, 0.717) is 6.10 Å². The van der Waals surface area contributed by atoms with E-state index < -0.39 is 0 Å². The van der Waals surface area contributed by atoms with Crippen LogP contribution in [0.2, 0.25) is 0 Å². The van der Waals surface area contributed by atoms with Gasteiger partial charge in [-0.15, -0.1) is 0 Å². The molecule has 0 aromatic heterocycles. The summed E-state index contributed by atoms with van der Waals surface area (Å²) in [6, 6.07) is 0. The van der Waals surface area contributed by atoms with Crippen LogP contribution in [0.4, 0.5) is 0 Å². The van der Waals surface area contributed by atoms with E-state index >= 15 is 0 Å². The van der Waals surface area contributed by atoms with Crippen molar-refractivity contribution in [2.75, 3.05) is 6.61 Å². The van der Waals surface area contributed by atoms with Crippen LogP contribution >= 0.6 is 0 Å². The summed E-state index contributed by atoms with van der Waals surface area (Å²) in [5.41, 5.74) is 0. The van der Waals surface area contributed by atoms with E-state index in [1.807, 2.05) is 0 Å². The zero-order chi connectivity index (χ0) is 5.98. The van der Waals surface area contributed by atoms with Gasteiger partial charge in [0.1, 0.15) is 0 Å². The molecule has 0 amide bonds. The Balaban J connectivity index is 2.28. The minimum Gasteiger partial charge on any atom is -0.378 e. The van der Waals surface area contributed by atoms with Gasteiger partial charge >= 0.3 is 0 Å². The Kier molecular flexibility index (Phi) is 1.90. The maximum absolute atomic E-state index is 5.39. The first-order valence-corrected chi connectivity index (χ1v) is 3.42. The minimum absolute atomic E-state index is 0.503. The zero-order valence-corrected chi connectivity index (χ0v) is 5.68. The number of hydrogen-bond acceptors (Lipinski definition) is 1. The Morgan fingerprint density at radius 2 is 2.12 bits per heavy atom. The summed E-state index contributed by atoms with van der Waals surface area (Å²) in [7, 11) is 0. The molecule has 0 N–H and O–H groups in total. The Morgan fingerprint density at radius 3 is 2.50 bits per heavy atom. The first-order valence-electron chi connectivity index (χ1n) is 3.42. The molecule has 48 valence electrons. The van der Waals surface area contributed by atoms with Crippen molar-refractivity contribution >= 4 is 0 Å². The van der Waals surface area contributed by atoms with Crippen molar-refractivity contribution in [2.45, 2.75) is 32.8 Å². The second-order valence-corrected chi connectivity index (χ2v) is 2.70. The summed E-state index contributed by atoms with van der Waals surface area (Å²) in [6.07, 6.45) is 3.11. The summed E-state index contributed by atoms with van der Waals surface area (Å²) in [6.45, 7) is 5.39. The highest BCUT2D eigenvalue weighted by Gasteiger charge is 2.16. The van der Waals surface area contributed by atoms with Crippen molar-refractivity contribution in [3.63, 3.8) is 0 Å². The third-order valence-electron chi connectivity index (χ3n) is 1.99. The molecule has 2 atom stereocenters. The van der Waals surface area contributed by atoms with E-state index in [9.17, 15) is 0 Å². The maximum Gasteiger partial charge on any atom is 0.0572 e. The highest BCUT2D eigenvalue weighted by molar-refractivity contribution is 4.65. The molecule has 0 radical (unpaired) electrons. The van der Waals surface area contributed by atoms with Gasteiger partial charge in [0.15, 0.2) is 0 Å². The van der Waals surface area contributed by atoms with Crippen LogP contribution < -0.4 is 0 Å². The molecule has 0 aromatic rings. The minimum atomic E-state index is 0.503. The lowest BCUT2D eigenvalue weighted by atomic mass is 9.98. The Hall–Kier alpha value is -0.0400. The van der Waals surface area contributed by atoms with Crippen molar-refractivity contribution in [1.29, 1.82) is 0 Å². The van der Waals surface area contributed by atoms with E-state index in [1.54, 1.807) is 0 Å². The van der Waals surface area contributed by atoms with Gasteiger partial charge in [0.2, 0.25) is 0 Å². The summed E-state index contributed by atoms with van der Waals surface area (Å²) in [5, 5.41) is 0. The summed E-state index contributed by atoms with van der Waals surface area (Å²) in [4.78, 5) is 0. The van der Waals surface area contributed by atoms with E-state index in [1.165, 1.54) is 12.8 Å². The molecular formula is C7H14O. The van der Waals surface area contributed by atoms with Crippen LogP contribution in [0.25, 0.3) is 0 Å². The van der Waals surface area contributed by atoms with Crippen molar-refractivity contribution in [3.8, 4) is 0 Å². The average Bonchev–Trinajstić information content (AvgIpc) is 1.77. The molecular weight excluding hydrogens is 100 g/mol. The fourth-order valence-electron chi connectivity index (χ4n) is 1.07. The molecule has 1 rings (SSSR count). The molecule has 1 fully saturated rings. The second kappa shape index (κ2) is 2.49. The van der Waals surface area contributed by atoms with Crippen molar-refractivity contribution in [2.24, 2.45) is 5.92 Å². The van der Waals surface area contributed by atoms with Crippen molar-refractivity contribution in [1.82, 2.24) is 0 Å². The SMILES string of the molecule is C[C@@H]1OCCC[C@@H]1C. The van der Waals surface area contributed by atoms with Gasteiger partial charge in [0.05, 0.1) is 6.10 Å². The molecule has 0 saturated carbocycles. The molecule has 1 nitrogen and oxygen atoms in total. The van der Waals surface area contributed by atoms with Crippen LogP contribution in [0, 0.1) is 5.92 Å². The zero-order valence-electron chi connectivity index (χ0n) is 5.68. The standard InChI is InChI=1S/C7H14O/c1-6-4-3-5-8-7(6)2/h6-7H,3-5H2,1-2H3/t6-,7-/m0/s1. The lowest BCUT2D eigenvalue weighted by Gasteiger charge is -2.25. The lowest BCUT2D eigenvalue weighted by molar-refractivity contribution is -0.00789. The first kappa shape index (κ1) is 6.09. The van der Waals surface area contributed by atoms with Crippen LogP contribution in [0.5, 0.6) is 0 Å². The molecule has 0 unspecified atom stereocenters. The van der Waals surface area contributed by atoms with Gasteiger partial charge in [0.25, 0.3) is 0 Å². The second-order valence-electron chi connectivity index (χ2n) is 2.70. The number of rotatable bonds is 0. The summed E-state index contributed by atoms with van der Waals surface area (Å²) in [5.74, 6) is 0.781. The molecule has 0 aromatic carbocycles. The normalized spacial score (nSPS) is 39.8. The van der Waals surface area contributed by atoms with E-state index in [-0.39, 0.29) is 0 Å². The van der Waals surface area contributed by atoms with Crippen molar-refractivity contribution in [3.05, 3.63) is 0 Å². The topological polar surface area (TPSA) is 9.23 Å². The lowest BCUT2D eigenvalue weighted by Crippen LogP contribution is -2.23. The fourth-order valence-corrected chi connectivity index (χ4v) is 1.07. The maximum atomic E-state index is 5.39. The van der Waals surface area contributed by atoms with Crippen LogP contribution in [0.1, 0.15) is 26.7 Å². The van der Waals surface area contributed by atoms with Gasteiger partial charge < -0.3 is 4.74 Å². The van der Waals surface area contributed by atoms with Crippen LogP contribution in [-0.4, -0.2) is 12.7 Å². The molecule has 1 saturated heterocycles. The molecule has 0 aliphatic carbocycles. The van der Waals surface area contributed by atoms with Gasteiger partial charge in [0, 0.05) is 6.61 Å². The van der Waals surface area contributed by atoms with Gasteiger partial charge in [-0.1, -0.05) is 6.92 Å². The van der Waals surface area contributed by atoms with Gasteiger partial charge in [-0.05, 0) is 25.7 Å². The Morgan fingerprint density at radius 1 is 1.38 bits per heavy atom. The Labute approximate surface area is 51.0 Å². The third-order valence-corrected chi connectivity index (χ3v) is 1.99. The van der Waals surface area contributed by atoms with Crippen molar-refractivity contribution < 1.29 is 4.74 Å². The molecule has 8 heavy (non-hydrogen) atoms. The van der Waals surface area contributed by atoms with Gasteiger partial charge in [-0.25, -0.2) is 0 Å². The molecule has 0 bridgehead atoms. The highest BCUT2D eigenvalue weighted by Crippen LogP contribution is 2.18. The van der Waals surface area contributed by atoms with Gasteiger partial charge in [-0.2, -0.15) is 0 Å². The van der Waals surface area contributed by atoms with E-state index in [0.717, 1.165) is 12.5 Å². The molecule has 1 aliphatic heterocycles. The average molecular weight is 114 g/mol. The number of ether oxygens (including phenoxy) is 1. The summed E-state index contributed by atoms with van der Waals surface area (Å²) < 4.78 is 5.39. The third kappa shape index (κ3) is 1.22. The monoisotopic (exact) mass is 114 g/mol. The fraction of sp³-hybridized carbons (Fsp3) is 1.00. The highest BCUT2D eigenvalue weighted by atomic mass is 16.5. The predicted molar refractivity (Wildman–Crippen MR) is 33.8 cm³/mol. The predicted octanol–water partition coefficient (Wildman–Crippen LogP) is 1.82.